The molecule has 4 aromatic rings. The first kappa shape index (κ1) is 33.0. The van der Waals surface area contributed by atoms with Gasteiger partial charge in [-0.25, -0.2) is 19.7 Å². The van der Waals surface area contributed by atoms with Crippen molar-refractivity contribution in [2.75, 3.05) is 25.1 Å². The number of aromatic nitrogens is 6. The highest BCUT2D eigenvalue weighted by Gasteiger charge is 2.21. The van der Waals surface area contributed by atoms with Crippen LogP contribution in [0.25, 0.3) is 11.2 Å². The highest BCUT2D eigenvalue weighted by atomic mass is 16.4. The molecule has 10 N–H and O–H groups in total. The first-order valence-electron chi connectivity index (χ1n) is 12.8. The maximum absolute atomic E-state index is 12.3. The van der Waals surface area contributed by atoms with Crippen molar-refractivity contribution in [3.63, 3.8) is 0 Å². The van der Waals surface area contributed by atoms with Crippen LogP contribution in [0, 0.1) is 0 Å². The normalized spacial score (nSPS) is 11.3. The Morgan fingerprint density at radius 1 is 1.07 bits per heavy atom. The summed E-state index contributed by atoms with van der Waals surface area (Å²) in [6, 6.07) is 4.89. The van der Waals surface area contributed by atoms with Gasteiger partial charge in [-0.1, -0.05) is 5.22 Å². The largest absolute Gasteiger partial charge is 0.492 e. The number of carbonyl (C=O) groups is 4. The Balaban J connectivity index is 0.000000355. The Kier molecular flexibility index (Phi) is 11.1. The lowest BCUT2D eigenvalue weighted by Gasteiger charge is -2.14. The van der Waals surface area contributed by atoms with Gasteiger partial charge in [0.1, 0.15) is 6.04 Å². The van der Waals surface area contributed by atoms with Gasteiger partial charge >= 0.3 is 11.9 Å². The van der Waals surface area contributed by atoms with Crippen LogP contribution in [0.5, 0.6) is 5.88 Å². The molecule has 0 aliphatic carbocycles. The molecule has 0 radical (unpaired) electrons. The van der Waals surface area contributed by atoms with Gasteiger partial charge in [-0.15, -0.1) is 5.11 Å². The van der Waals surface area contributed by atoms with Crippen molar-refractivity contribution >= 4 is 52.4 Å². The standard InChI is InChI=1S/C19H19N7O6.C6H10N6O/c20-19-25-15-14(17(30)26-19)23-11(8-22-15)7-21-10-3-1-9(2-4-10)16(29)24-12(18(31)32)5-6-13(27)28;1-12(2)11-10-6-4(5(7)13)8-3-9-6/h1-4,8,12,21H,5-7H2,(H,24,29)(H,27,28)(H,31,32)(H3,20,22,25,26,30);3H,1-2H3,(H2,7,13)(H,8,9). The first-order valence-corrected chi connectivity index (χ1v) is 12.8. The molecule has 1 unspecified atom stereocenters. The van der Waals surface area contributed by atoms with Crippen LogP contribution in [-0.4, -0.2) is 94.1 Å². The molecule has 4 rings (SSSR count). The number of amides is 2. The molecule has 0 fully saturated rings. The number of nitrogens with one attached hydrogen (secondary N) is 3. The fourth-order valence-corrected chi connectivity index (χ4v) is 3.41. The zero-order valence-corrected chi connectivity index (χ0v) is 23.9. The van der Waals surface area contributed by atoms with Crippen molar-refractivity contribution < 1.29 is 34.5 Å². The number of carboxylic acid groups (broad SMARTS) is 2. The molecule has 20 heteroatoms. The predicted octanol–water partition coefficient (Wildman–Crippen LogP) is 0.436. The third-order valence-corrected chi connectivity index (χ3v) is 5.50. The van der Waals surface area contributed by atoms with Crippen molar-refractivity contribution in [2.45, 2.75) is 25.4 Å². The summed E-state index contributed by atoms with van der Waals surface area (Å²) in [7, 11) is 3.42. The summed E-state index contributed by atoms with van der Waals surface area (Å²) in [5.74, 6) is -3.95. The molecule has 0 aliphatic heterocycles. The van der Waals surface area contributed by atoms with E-state index in [4.69, 9.17) is 21.7 Å². The lowest BCUT2D eigenvalue weighted by Crippen LogP contribution is -2.41. The summed E-state index contributed by atoms with van der Waals surface area (Å²) >= 11 is 0. The molecule has 0 spiro atoms. The van der Waals surface area contributed by atoms with Crippen LogP contribution in [0.2, 0.25) is 0 Å². The Morgan fingerprint density at radius 2 is 1.78 bits per heavy atom. The number of primary amides is 1. The molecule has 0 bridgehead atoms. The average molecular weight is 624 g/mol. The Bertz CT molecular complexity index is 1710. The summed E-state index contributed by atoms with van der Waals surface area (Å²) in [6.45, 7) is 0.245. The molecule has 0 saturated heterocycles. The summed E-state index contributed by atoms with van der Waals surface area (Å²) in [5.41, 5.74) is 12.2. The molecule has 3 heterocycles. The van der Waals surface area contributed by atoms with Crippen LogP contribution in [0.1, 0.15) is 39.4 Å². The molecule has 20 nitrogen and oxygen atoms in total. The Morgan fingerprint density at radius 3 is 2.40 bits per heavy atom. The zero-order valence-electron chi connectivity index (χ0n) is 23.9. The number of fused-ring (bicyclic) bond motifs is 1. The van der Waals surface area contributed by atoms with E-state index >= 15 is 0 Å². The quantitative estimate of drug-likeness (QED) is 0.0783. The maximum atomic E-state index is 12.3. The SMILES string of the molecule is CN(C)N=Nc1[nH]cnc1C(N)=O.Nc1nc(O)c2nc(CNc3ccc(C(=O)NC(CCC(=O)O)C(=O)O)cc3)cnc2n1. The van der Waals surface area contributed by atoms with Crippen molar-refractivity contribution in [2.24, 2.45) is 16.1 Å². The van der Waals surface area contributed by atoms with Crippen LogP contribution in [0.3, 0.4) is 0 Å². The number of hydrogen-bond acceptors (Lipinski definition) is 14. The number of nitrogens with zero attached hydrogens (tertiary/aromatic N) is 8. The van der Waals surface area contributed by atoms with Crippen LogP contribution >= 0.6 is 0 Å². The number of carboxylic acids is 2. The number of H-pyrrole nitrogens is 1. The second kappa shape index (κ2) is 15.1. The van der Waals surface area contributed by atoms with E-state index in [-0.39, 0.29) is 59.5 Å². The van der Waals surface area contributed by atoms with Gasteiger partial charge in [-0.05, 0) is 30.7 Å². The molecule has 0 aliphatic rings. The number of hydrogen-bond donors (Lipinski definition) is 8. The number of rotatable bonds is 12. The van der Waals surface area contributed by atoms with Crippen LogP contribution in [0.4, 0.5) is 17.5 Å². The molecule has 45 heavy (non-hydrogen) atoms. The topological polar surface area (TPSA) is 313 Å². The van der Waals surface area contributed by atoms with E-state index in [9.17, 15) is 24.3 Å². The highest BCUT2D eigenvalue weighted by Crippen LogP contribution is 2.19. The van der Waals surface area contributed by atoms with Gasteiger partial charge in [0, 0.05) is 31.8 Å². The van der Waals surface area contributed by atoms with Gasteiger partial charge in [0.15, 0.2) is 22.7 Å². The van der Waals surface area contributed by atoms with E-state index in [1.807, 2.05) is 0 Å². The minimum Gasteiger partial charge on any atom is -0.492 e. The third kappa shape index (κ3) is 9.80. The van der Waals surface area contributed by atoms with Crippen molar-refractivity contribution in [3.05, 3.63) is 53.7 Å². The maximum Gasteiger partial charge on any atom is 0.326 e. The van der Waals surface area contributed by atoms with Crippen molar-refractivity contribution in [1.82, 2.24) is 40.2 Å². The van der Waals surface area contributed by atoms with Gasteiger partial charge in [-0.2, -0.15) is 9.97 Å². The third-order valence-electron chi connectivity index (χ3n) is 5.50. The van der Waals surface area contributed by atoms with Crippen LogP contribution < -0.4 is 22.1 Å². The predicted molar refractivity (Wildman–Crippen MR) is 156 cm³/mol. The van der Waals surface area contributed by atoms with Gasteiger partial charge < -0.3 is 42.4 Å². The van der Waals surface area contributed by atoms with Gasteiger partial charge in [0.25, 0.3) is 11.8 Å². The molecule has 1 aromatic carbocycles. The fourth-order valence-electron chi connectivity index (χ4n) is 3.41. The summed E-state index contributed by atoms with van der Waals surface area (Å²) < 4.78 is 0. The second-order valence-electron chi connectivity index (χ2n) is 9.17. The fraction of sp³-hybridized carbons (Fsp3) is 0.240. The molecule has 1 atom stereocenters. The van der Waals surface area contributed by atoms with Crippen molar-refractivity contribution in [3.8, 4) is 5.88 Å². The van der Waals surface area contributed by atoms with E-state index in [0.29, 0.717) is 11.4 Å². The van der Waals surface area contributed by atoms with E-state index < -0.39 is 29.8 Å². The van der Waals surface area contributed by atoms with Crippen LogP contribution in [0.15, 0.2) is 47.1 Å². The van der Waals surface area contributed by atoms with Crippen LogP contribution in [-0.2, 0) is 16.1 Å². The number of benzene rings is 1. The summed E-state index contributed by atoms with van der Waals surface area (Å²) in [6.07, 6.45) is 2.20. The summed E-state index contributed by atoms with van der Waals surface area (Å²) in [4.78, 5) is 67.0. The van der Waals surface area contributed by atoms with Gasteiger partial charge in [0.2, 0.25) is 11.8 Å². The number of anilines is 2. The monoisotopic (exact) mass is 623 g/mol. The van der Waals surface area contributed by atoms with E-state index in [1.165, 1.54) is 29.7 Å². The Hall–Kier alpha value is -6.47. The highest BCUT2D eigenvalue weighted by molar-refractivity contribution is 5.97. The molecule has 236 valence electrons. The minimum absolute atomic E-state index is 0.0885. The molecular weight excluding hydrogens is 594 g/mol. The smallest absolute Gasteiger partial charge is 0.326 e. The van der Waals surface area contributed by atoms with Crippen molar-refractivity contribution in [1.29, 1.82) is 0 Å². The number of imidazole rings is 1. The van der Waals surface area contributed by atoms with E-state index in [1.54, 1.807) is 26.2 Å². The number of carbonyl (C=O) groups excluding carboxylic acids is 2. The molecule has 3 aromatic heterocycles. The number of aliphatic carboxylic acids is 2. The zero-order chi connectivity index (χ0) is 33.1. The Labute approximate surface area is 253 Å². The van der Waals surface area contributed by atoms with Gasteiger partial charge in [0.05, 0.1) is 24.8 Å². The minimum atomic E-state index is -1.31. The second-order valence-corrected chi connectivity index (χ2v) is 9.17. The molecule has 0 saturated carbocycles. The lowest BCUT2D eigenvalue weighted by molar-refractivity contribution is -0.140. The van der Waals surface area contributed by atoms with E-state index in [0.717, 1.165) is 0 Å². The number of aromatic amines is 1. The average Bonchev–Trinajstić information content (AvgIpc) is 3.47. The lowest BCUT2D eigenvalue weighted by atomic mass is 10.1. The van der Waals surface area contributed by atoms with E-state index in [2.05, 4.69) is 50.9 Å². The molecular formula is C25H29N13O7. The van der Waals surface area contributed by atoms with Gasteiger partial charge in [-0.3, -0.25) is 19.4 Å². The summed E-state index contributed by atoms with van der Waals surface area (Å²) in [5, 5.41) is 42.0. The number of nitrogens with two attached hydrogens (primary N) is 2. The molecule has 2 amide bonds. The number of aromatic hydroxyl groups is 1. The number of nitrogen functional groups attached to an aromatic ring is 1. The first-order chi connectivity index (χ1) is 21.3.